The van der Waals surface area contributed by atoms with Crippen molar-refractivity contribution in [2.75, 3.05) is 13.7 Å². The van der Waals surface area contributed by atoms with Gasteiger partial charge in [0.25, 0.3) is 5.91 Å². The second-order valence-corrected chi connectivity index (χ2v) is 6.10. The number of nitrogens with one attached hydrogen (secondary N) is 1. The number of carbonyl (C=O) groups excluding carboxylic acids is 1. The van der Waals surface area contributed by atoms with Crippen LogP contribution in [-0.4, -0.2) is 51.5 Å². The van der Waals surface area contributed by atoms with Crippen LogP contribution in [-0.2, 0) is 16.6 Å². The molecule has 0 spiro atoms. The van der Waals surface area contributed by atoms with Crippen molar-refractivity contribution in [2.45, 2.75) is 13.0 Å². The van der Waals surface area contributed by atoms with Crippen molar-refractivity contribution in [1.29, 1.82) is 0 Å². The second-order valence-electron chi connectivity index (χ2n) is 6.10. The molecule has 0 saturated heterocycles. The Kier molecular flexibility index (Phi) is 5.18. The number of carboxylic acid groups (broad SMARTS) is 1. The molecule has 2 heterocycles. The highest BCUT2D eigenvalue weighted by molar-refractivity contribution is 6.07. The number of fused-ring (bicyclic) bond motifs is 1. The Morgan fingerprint density at radius 2 is 2.00 bits per heavy atom. The molecule has 1 atom stereocenters. The van der Waals surface area contributed by atoms with Crippen molar-refractivity contribution in [1.82, 2.24) is 20.1 Å². The third-order valence-electron chi connectivity index (χ3n) is 4.29. The topological polar surface area (TPSA) is 106 Å². The third-order valence-corrected chi connectivity index (χ3v) is 4.29. The van der Waals surface area contributed by atoms with Gasteiger partial charge in [-0.1, -0.05) is 30.3 Å². The van der Waals surface area contributed by atoms with Gasteiger partial charge in [0.2, 0.25) is 0 Å². The molecule has 0 aliphatic heterocycles. The summed E-state index contributed by atoms with van der Waals surface area (Å²) in [6.45, 7) is 1.66. The zero-order valence-electron chi connectivity index (χ0n) is 15.3. The molecule has 27 heavy (non-hydrogen) atoms. The van der Waals surface area contributed by atoms with Gasteiger partial charge < -0.3 is 15.2 Å². The first kappa shape index (κ1) is 18.5. The van der Waals surface area contributed by atoms with E-state index >= 15 is 0 Å². The van der Waals surface area contributed by atoms with Crippen LogP contribution in [0.5, 0.6) is 0 Å². The second kappa shape index (κ2) is 7.55. The number of aromatic nitrogens is 3. The molecule has 2 N–H and O–H groups in total. The average molecular weight is 368 g/mol. The van der Waals surface area contributed by atoms with E-state index in [1.54, 1.807) is 24.7 Å². The first-order valence-electron chi connectivity index (χ1n) is 8.36. The summed E-state index contributed by atoms with van der Waals surface area (Å²) in [6.07, 6.45) is -1.12. The number of amides is 1. The summed E-state index contributed by atoms with van der Waals surface area (Å²) in [5, 5.41) is 16.7. The highest BCUT2D eigenvalue weighted by Gasteiger charge is 2.22. The number of aryl methyl sites for hydroxylation is 2. The molecule has 0 fully saturated rings. The predicted octanol–water partition coefficient (Wildman–Crippen LogP) is 1.77. The van der Waals surface area contributed by atoms with Gasteiger partial charge in [0.15, 0.2) is 11.8 Å². The van der Waals surface area contributed by atoms with Crippen molar-refractivity contribution in [3.8, 4) is 11.3 Å². The molecule has 8 nitrogen and oxygen atoms in total. The molecule has 0 aliphatic carbocycles. The van der Waals surface area contributed by atoms with Crippen molar-refractivity contribution >= 4 is 22.9 Å². The van der Waals surface area contributed by atoms with Gasteiger partial charge >= 0.3 is 5.97 Å². The van der Waals surface area contributed by atoms with Crippen LogP contribution in [0, 0.1) is 6.92 Å². The van der Waals surface area contributed by atoms with Gasteiger partial charge in [0.1, 0.15) is 0 Å². The maximum atomic E-state index is 12.8. The van der Waals surface area contributed by atoms with Gasteiger partial charge in [-0.05, 0) is 13.0 Å². The summed E-state index contributed by atoms with van der Waals surface area (Å²) in [5.74, 6) is -1.54. The molecule has 0 radical (unpaired) electrons. The van der Waals surface area contributed by atoms with Crippen molar-refractivity contribution < 1.29 is 19.4 Å². The van der Waals surface area contributed by atoms with E-state index in [0.29, 0.717) is 28.0 Å². The lowest BCUT2D eigenvalue weighted by atomic mass is 10.0. The van der Waals surface area contributed by atoms with Crippen LogP contribution in [0.2, 0.25) is 0 Å². The fourth-order valence-electron chi connectivity index (χ4n) is 2.93. The summed E-state index contributed by atoms with van der Waals surface area (Å²) in [5.41, 5.74) is 3.15. The Labute approximate surface area is 155 Å². The smallest absolute Gasteiger partial charge is 0.334 e. The highest BCUT2D eigenvalue weighted by atomic mass is 16.5. The summed E-state index contributed by atoms with van der Waals surface area (Å²) in [4.78, 5) is 28.6. The number of carbonyl (C=O) groups is 2. The number of methoxy groups -OCH3 is 1. The molecule has 140 valence electrons. The number of hydrogen-bond acceptors (Lipinski definition) is 5. The molecule has 3 rings (SSSR count). The molecular formula is C19H20N4O4. The van der Waals surface area contributed by atoms with Crippen LogP contribution in [0.15, 0.2) is 36.4 Å². The molecule has 1 amide bonds. The molecular weight excluding hydrogens is 348 g/mol. The maximum Gasteiger partial charge on any atom is 0.334 e. The van der Waals surface area contributed by atoms with Crippen molar-refractivity contribution in [3.05, 3.63) is 47.7 Å². The number of pyridine rings is 1. The predicted molar refractivity (Wildman–Crippen MR) is 99.4 cm³/mol. The molecule has 8 heteroatoms. The SMILES string of the molecule is COC(CNC(=O)c1cc(-c2ccccc2)nc2c1c(C)nn2C)C(=O)O. The first-order valence-corrected chi connectivity index (χ1v) is 8.36. The highest BCUT2D eigenvalue weighted by Crippen LogP contribution is 2.26. The maximum absolute atomic E-state index is 12.8. The fraction of sp³-hybridized carbons (Fsp3) is 0.263. The van der Waals surface area contributed by atoms with E-state index < -0.39 is 18.0 Å². The van der Waals surface area contributed by atoms with Crippen molar-refractivity contribution in [2.24, 2.45) is 7.05 Å². The van der Waals surface area contributed by atoms with Gasteiger partial charge in [-0.15, -0.1) is 0 Å². The van der Waals surface area contributed by atoms with Crippen LogP contribution in [0.25, 0.3) is 22.3 Å². The van der Waals surface area contributed by atoms with Crippen LogP contribution in [0.1, 0.15) is 16.1 Å². The first-order chi connectivity index (χ1) is 12.9. The minimum absolute atomic E-state index is 0.144. The zero-order valence-corrected chi connectivity index (χ0v) is 15.3. The van der Waals surface area contributed by atoms with Crippen LogP contribution >= 0.6 is 0 Å². The lowest BCUT2D eigenvalue weighted by molar-refractivity contribution is -0.148. The van der Waals surface area contributed by atoms with Crippen LogP contribution < -0.4 is 5.32 Å². The average Bonchev–Trinajstić information content (AvgIpc) is 2.95. The summed E-state index contributed by atoms with van der Waals surface area (Å²) >= 11 is 0. The minimum Gasteiger partial charge on any atom is -0.479 e. The van der Waals surface area contributed by atoms with Gasteiger partial charge in [-0.2, -0.15) is 5.10 Å². The van der Waals surface area contributed by atoms with Gasteiger partial charge in [-0.25, -0.2) is 9.78 Å². The Hall–Kier alpha value is -3.26. The van der Waals surface area contributed by atoms with Crippen molar-refractivity contribution in [3.63, 3.8) is 0 Å². The molecule has 0 aliphatic rings. The Morgan fingerprint density at radius 1 is 1.30 bits per heavy atom. The Morgan fingerprint density at radius 3 is 2.63 bits per heavy atom. The van der Waals surface area contributed by atoms with Crippen LogP contribution in [0.4, 0.5) is 0 Å². The Balaban J connectivity index is 2.05. The molecule has 1 aromatic carbocycles. The lowest BCUT2D eigenvalue weighted by Crippen LogP contribution is -2.37. The van der Waals surface area contributed by atoms with E-state index in [1.807, 2.05) is 30.3 Å². The van der Waals surface area contributed by atoms with E-state index in [2.05, 4.69) is 15.4 Å². The van der Waals surface area contributed by atoms with Gasteiger partial charge in [0, 0.05) is 19.7 Å². The quantitative estimate of drug-likeness (QED) is 0.687. The molecule has 2 aromatic heterocycles. The Bertz CT molecular complexity index is 998. The van der Waals surface area contributed by atoms with Crippen LogP contribution in [0.3, 0.4) is 0 Å². The molecule has 3 aromatic rings. The van der Waals surface area contributed by atoms with E-state index in [1.165, 1.54) is 7.11 Å². The third kappa shape index (κ3) is 3.65. The van der Waals surface area contributed by atoms with E-state index in [-0.39, 0.29) is 6.54 Å². The number of carboxylic acids is 1. The zero-order chi connectivity index (χ0) is 19.6. The minimum atomic E-state index is -1.14. The molecule has 0 bridgehead atoms. The number of hydrogen-bond donors (Lipinski definition) is 2. The summed E-state index contributed by atoms with van der Waals surface area (Å²) < 4.78 is 6.49. The van der Waals surface area contributed by atoms with Gasteiger partial charge in [0.05, 0.1) is 28.9 Å². The molecule has 1 unspecified atom stereocenters. The largest absolute Gasteiger partial charge is 0.479 e. The summed E-state index contributed by atoms with van der Waals surface area (Å²) in [6, 6.07) is 11.2. The fourth-order valence-corrected chi connectivity index (χ4v) is 2.93. The van der Waals surface area contributed by atoms with E-state index in [9.17, 15) is 9.59 Å². The summed E-state index contributed by atoms with van der Waals surface area (Å²) in [7, 11) is 3.05. The number of aliphatic carboxylic acids is 1. The number of rotatable bonds is 6. The van der Waals surface area contributed by atoms with E-state index in [0.717, 1.165) is 5.56 Å². The monoisotopic (exact) mass is 368 g/mol. The lowest BCUT2D eigenvalue weighted by Gasteiger charge is -2.13. The molecule has 0 saturated carbocycles. The normalized spacial score (nSPS) is 12.1. The standard InChI is InChI=1S/C19H20N4O4/c1-11-16-13(18(24)20-10-15(27-3)19(25)26)9-14(12-7-5-4-6-8-12)21-17(16)23(2)22-11/h4-9,15H,10H2,1-3H3,(H,20,24)(H,25,26). The number of benzene rings is 1. The number of nitrogens with zero attached hydrogens (tertiary/aromatic N) is 3. The van der Waals surface area contributed by atoms with Gasteiger partial charge in [-0.3, -0.25) is 9.48 Å². The van der Waals surface area contributed by atoms with E-state index in [4.69, 9.17) is 9.84 Å². The number of ether oxygens (including phenoxy) is 1.